The summed E-state index contributed by atoms with van der Waals surface area (Å²) in [6.07, 6.45) is 7.31. The lowest BCUT2D eigenvalue weighted by Crippen LogP contribution is -2.24. The molecular weight excluding hydrogens is 236 g/mol. The third-order valence-corrected chi connectivity index (χ3v) is 3.09. The summed E-state index contributed by atoms with van der Waals surface area (Å²) in [5.41, 5.74) is 1.19. The van der Waals surface area contributed by atoms with E-state index in [2.05, 4.69) is 12.2 Å². The van der Waals surface area contributed by atoms with Crippen molar-refractivity contribution >= 4 is 5.91 Å². The SMILES string of the molecule is CCCCCCCCNC(=O)c1ccc(C#N)cc1. The second kappa shape index (κ2) is 9.16. The molecule has 0 radical (unpaired) electrons. The van der Waals surface area contributed by atoms with Gasteiger partial charge in [0.2, 0.25) is 0 Å². The molecule has 102 valence electrons. The summed E-state index contributed by atoms with van der Waals surface area (Å²) in [5, 5.41) is 11.6. The van der Waals surface area contributed by atoms with E-state index in [-0.39, 0.29) is 5.91 Å². The molecule has 0 unspecified atom stereocenters. The zero-order valence-electron chi connectivity index (χ0n) is 11.6. The minimum Gasteiger partial charge on any atom is -0.352 e. The molecular formula is C16H22N2O. The highest BCUT2D eigenvalue weighted by atomic mass is 16.1. The molecule has 0 spiro atoms. The largest absolute Gasteiger partial charge is 0.352 e. The Kier molecular flexibility index (Phi) is 7.34. The Hall–Kier alpha value is -1.82. The highest BCUT2D eigenvalue weighted by molar-refractivity contribution is 5.94. The Morgan fingerprint density at radius 2 is 1.74 bits per heavy atom. The van der Waals surface area contributed by atoms with Crippen LogP contribution in [0, 0.1) is 11.3 Å². The fourth-order valence-electron chi connectivity index (χ4n) is 1.91. The van der Waals surface area contributed by atoms with E-state index in [9.17, 15) is 4.79 Å². The van der Waals surface area contributed by atoms with E-state index < -0.39 is 0 Å². The molecule has 1 aromatic rings. The molecule has 19 heavy (non-hydrogen) atoms. The molecule has 1 amide bonds. The van der Waals surface area contributed by atoms with E-state index in [1.807, 2.05) is 6.07 Å². The van der Waals surface area contributed by atoms with Gasteiger partial charge in [-0.1, -0.05) is 39.0 Å². The van der Waals surface area contributed by atoms with Gasteiger partial charge >= 0.3 is 0 Å². The zero-order valence-corrected chi connectivity index (χ0v) is 11.6. The fourth-order valence-corrected chi connectivity index (χ4v) is 1.91. The van der Waals surface area contributed by atoms with Crippen molar-refractivity contribution in [2.45, 2.75) is 45.4 Å². The normalized spacial score (nSPS) is 9.89. The molecule has 0 aliphatic carbocycles. The van der Waals surface area contributed by atoms with Crippen LogP contribution >= 0.6 is 0 Å². The monoisotopic (exact) mass is 258 g/mol. The quantitative estimate of drug-likeness (QED) is 0.724. The predicted molar refractivity (Wildman–Crippen MR) is 76.9 cm³/mol. The summed E-state index contributed by atoms with van der Waals surface area (Å²) in [6.45, 7) is 2.93. The first-order valence-electron chi connectivity index (χ1n) is 7.06. The third kappa shape index (κ3) is 6.05. The van der Waals surface area contributed by atoms with Crippen LogP contribution in [0.15, 0.2) is 24.3 Å². The third-order valence-electron chi connectivity index (χ3n) is 3.09. The number of amides is 1. The van der Waals surface area contributed by atoms with Crippen molar-refractivity contribution in [3.8, 4) is 6.07 Å². The molecule has 0 saturated heterocycles. The molecule has 0 saturated carbocycles. The van der Waals surface area contributed by atoms with Gasteiger partial charge in [-0.15, -0.1) is 0 Å². The summed E-state index contributed by atoms with van der Waals surface area (Å²) >= 11 is 0. The number of rotatable bonds is 8. The lowest BCUT2D eigenvalue weighted by Gasteiger charge is -2.05. The average molecular weight is 258 g/mol. The first kappa shape index (κ1) is 15.2. The van der Waals surface area contributed by atoms with Gasteiger partial charge in [0.25, 0.3) is 5.91 Å². The fraction of sp³-hybridized carbons (Fsp3) is 0.500. The average Bonchev–Trinajstić information content (AvgIpc) is 2.46. The molecule has 1 aromatic carbocycles. The summed E-state index contributed by atoms with van der Waals surface area (Å²) in [7, 11) is 0. The second-order valence-electron chi connectivity index (χ2n) is 4.71. The number of carbonyl (C=O) groups excluding carboxylic acids is 1. The van der Waals surface area contributed by atoms with Gasteiger partial charge in [0.15, 0.2) is 0 Å². The molecule has 0 bridgehead atoms. The molecule has 3 heteroatoms. The van der Waals surface area contributed by atoms with Gasteiger partial charge < -0.3 is 5.32 Å². The number of nitrogens with one attached hydrogen (secondary N) is 1. The Morgan fingerprint density at radius 1 is 1.11 bits per heavy atom. The molecule has 1 rings (SSSR count). The number of nitriles is 1. The van der Waals surface area contributed by atoms with Crippen LogP contribution < -0.4 is 5.32 Å². The minimum absolute atomic E-state index is 0.0574. The maximum absolute atomic E-state index is 11.8. The van der Waals surface area contributed by atoms with E-state index in [1.165, 1.54) is 32.1 Å². The number of nitrogens with zero attached hydrogens (tertiary/aromatic N) is 1. The summed E-state index contributed by atoms with van der Waals surface area (Å²) in [6, 6.07) is 8.75. The van der Waals surface area contributed by atoms with Gasteiger partial charge in [-0.3, -0.25) is 4.79 Å². The van der Waals surface area contributed by atoms with E-state index in [1.54, 1.807) is 24.3 Å². The Bertz CT molecular complexity index is 417. The summed E-state index contributed by atoms with van der Waals surface area (Å²) < 4.78 is 0. The first-order valence-corrected chi connectivity index (χ1v) is 7.06. The number of hydrogen-bond donors (Lipinski definition) is 1. The molecule has 0 aliphatic rings. The standard InChI is InChI=1S/C16H22N2O/c1-2-3-4-5-6-7-12-18-16(19)15-10-8-14(13-17)9-11-15/h8-11H,2-7,12H2,1H3,(H,18,19). The topological polar surface area (TPSA) is 52.9 Å². The van der Waals surface area contributed by atoms with Gasteiger partial charge in [-0.2, -0.15) is 5.26 Å². The van der Waals surface area contributed by atoms with E-state index in [0.29, 0.717) is 11.1 Å². The number of benzene rings is 1. The predicted octanol–water partition coefficient (Wildman–Crippen LogP) is 3.65. The van der Waals surface area contributed by atoms with Gasteiger partial charge in [0.1, 0.15) is 0 Å². The molecule has 0 fully saturated rings. The highest BCUT2D eigenvalue weighted by Crippen LogP contribution is 2.05. The van der Waals surface area contributed by atoms with Crippen molar-refractivity contribution < 1.29 is 4.79 Å². The number of unbranched alkanes of at least 4 members (excludes halogenated alkanes) is 5. The van der Waals surface area contributed by atoms with Crippen LogP contribution in [-0.4, -0.2) is 12.5 Å². The van der Waals surface area contributed by atoms with Crippen LogP contribution in [0.2, 0.25) is 0 Å². The van der Waals surface area contributed by atoms with Gasteiger partial charge in [-0.05, 0) is 30.7 Å². The first-order chi connectivity index (χ1) is 9.27. The van der Waals surface area contributed by atoms with Gasteiger partial charge in [-0.25, -0.2) is 0 Å². The van der Waals surface area contributed by atoms with Gasteiger partial charge in [0, 0.05) is 12.1 Å². The van der Waals surface area contributed by atoms with E-state index in [0.717, 1.165) is 13.0 Å². The molecule has 1 N–H and O–H groups in total. The van der Waals surface area contributed by atoms with Crippen LogP contribution in [0.3, 0.4) is 0 Å². The zero-order chi connectivity index (χ0) is 13.9. The van der Waals surface area contributed by atoms with Crippen molar-refractivity contribution in [1.29, 1.82) is 5.26 Å². The minimum atomic E-state index is -0.0574. The maximum atomic E-state index is 11.8. The van der Waals surface area contributed by atoms with Crippen molar-refractivity contribution in [3.63, 3.8) is 0 Å². The Labute approximate surface area is 115 Å². The van der Waals surface area contributed by atoms with E-state index in [4.69, 9.17) is 5.26 Å². The van der Waals surface area contributed by atoms with Crippen LogP contribution in [0.25, 0.3) is 0 Å². The Morgan fingerprint density at radius 3 is 2.37 bits per heavy atom. The smallest absolute Gasteiger partial charge is 0.251 e. The van der Waals surface area contributed by atoms with E-state index >= 15 is 0 Å². The molecule has 0 aliphatic heterocycles. The van der Waals surface area contributed by atoms with Crippen molar-refractivity contribution in [2.24, 2.45) is 0 Å². The van der Waals surface area contributed by atoms with Crippen LogP contribution in [0.5, 0.6) is 0 Å². The van der Waals surface area contributed by atoms with Crippen LogP contribution in [0.1, 0.15) is 61.4 Å². The lowest BCUT2D eigenvalue weighted by molar-refractivity contribution is 0.0953. The van der Waals surface area contributed by atoms with Crippen molar-refractivity contribution in [3.05, 3.63) is 35.4 Å². The second-order valence-corrected chi connectivity index (χ2v) is 4.71. The van der Waals surface area contributed by atoms with Crippen LogP contribution in [-0.2, 0) is 0 Å². The molecule has 0 heterocycles. The maximum Gasteiger partial charge on any atom is 0.251 e. The summed E-state index contributed by atoms with van der Waals surface area (Å²) in [4.78, 5) is 11.8. The lowest BCUT2D eigenvalue weighted by atomic mass is 10.1. The molecule has 0 aromatic heterocycles. The molecule has 0 atom stereocenters. The van der Waals surface area contributed by atoms with Crippen molar-refractivity contribution in [1.82, 2.24) is 5.32 Å². The van der Waals surface area contributed by atoms with Crippen LogP contribution in [0.4, 0.5) is 0 Å². The number of hydrogen-bond acceptors (Lipinski definition) is 2. The number of carbonyl (C=O) groups is 1. The summed E-state index contributed by atoms with van der Waals surface area (Å²) in [5.74, 6) is -0.0574. The van der Waals surface area contributed by atoms with Gasteiger partial charge in [0.05, 0.1) is 11.6 Å². The Balaban J connectivity index is 2.18. The van der Waals surface area contributed by atoms with Crippen molar-refractivity contribution in [2.75, 3.05) is 6.54 Å². The highest BCUT2D eigenvalue weighted by Gasteiger charge is 2.03. The molecule has 3 nitrogen and oxygen atoms in total.